The molecule has 40 heavy (non-hydrogen) atoms. The molecule has 2 aromatic heterocycles. The van der Waals surface area contributed by atoms with Crippen molar-refractivity contribution in [3.8, 4) is 16.3 Å². The van der Waals surface area contributed by atoms with Crippen molar-refractivity contribution in [1.29, 1.82) is 0 Å². The number of rotatable bonds is 8. The molecule has 2 aromatic carbocycles. The third-order valence-corrected chi connectivity index (χ3v) is 9.32. The van der Waals surface area contributed by atoms with Gasteiger partial charge in [-0.15, -0.1) is 11.3 Å². The molecule has 3 heterocycles. The minimum absolute atomic E-state index is 0.102. The number of carbonyl (C=O) groups excluding carboxylic acids is 2. The Bertz CT molecular complexity index is 1610. The number of hydrogen-bond acceptors (Lipinski definition) is 8. The molecule has 5 rings (SSSR count). The molecule has 1 fully saturated rings. The number of hydrogen-bond donors (Lipinski definition) is 1. The first-order chi connectivity index (χ1) is 19.2. The van der Waals surface area contributed by atoms with Crippen molar-refractivity contribution in [3.63, 3.8) is 0 Å². The summed E-state index contributed by atoms with van der Waals surface area (Å²) in [6, 6.07) is 19.3. The number of thiophene rings is 1. The topological polar surface area (TPSA) is 120 Å². The maximum absolute atomic E-state index is 13.2. The fourth-order valence-electron chi connectivity index (χ4n) is 4.24. The highest BCUT2D eigenvalue weighted by Crippen LogP contribution is 2.27. The van der Waals surface area contributed by atoms with Gasteiger partial charge in [0.15, 0.2) is 11.8 Å². The van der Waals surface area contributed by atoms with Crippen molar-refractivity contribution in [3.05, 3.63) is 83.4 Å². The Morgan fingerprint density at radius 2 is 1.80 bits per heavy atom. The summed E-state index contributed by atoms with van der Waals surface area (Å²) < 4.78 is 40.1. The van der Waals surface area contributed by atoms with Gasteiger partial charge in [0.2, 0.25) is 10.0 Å². The Labute approximate surface area is 236 Å². The van der Waals surface area contributed by atoms with Crippen molar-refractivity contribution < 1.29 is 27.5 Å². The molecule has 0 aliphatic carbocycles. The first kappa shape index (κ1) is 27.7. The van der Waals surface area contributed by atoms with Crippen LogP contribution in [0.4, 0.5) is 5.69 Å². The molecule has 1 atom stereocenters. The number of aromatic nitrogens is 2. The molecule has 208 valence electrons. The van der Waals surface area contributed by atoms with Gasteiger partial charge in [-0.05, 0) is 55.1 Å². The summed E-state index contributed by atoms with van der Waals surface area (Å²) in [6.07, 6.45) is -1.17. The molecule has 0 unspecified atom stereocenters. The fourth-order valence-corrected chi connectivity index (χ4v) is 6.58. The predicted molar refractivity (Wildman–Crippen MR) is 151 cm³/mol. The molecule has 10 nitrogen and oxygen atoms in total. The van der Waals surface area contributed by atoms with E-state index < -0.39 is 28.0 Å². The lowest BCUT2D eigenvalue weighted by Crippen LogP contribution is -2.40. The van der Waals surface area contributed by atoms with Crippen molar-refractivity contribution >= 4 is 38.9 Å². The molecular formula is C28H28N4O6S2. The van der Waals surface area contributed by atoms with Gasteiger partial charge in [0.1, 0.15) is 5.69 Å². The molecule has 1 aliphatic heterocycles. The summed E-state index contributed by atoms with van der Waals surface area (Å²) in [7, 11) is -3.77. The zero-order chi connectivity index (χ0) is 28.3. The Kier molecular flexibility index (Phi) is 8.12. The van der Waals surface area contributed by atoms with Crippen LogP contribution >= 0.6 is 11.3 Å². The normalized spacial score (nSPS) is 14.9. The number of anilines is 1. The Morgan fingerprint density at radius 1 is 1.05 bits per heavy atom. The number of esters is 1. The molecule has 0 radical (unpaired) electrons. The zero-order valence-corrected chi connectivity index (χ0v) is 23.6. The van der Waals surface area contributed by atoms with Gasteiger partial charge < -0.3 is 14.8 Å². The summed E-state index contributed by atoms with van der Waals surface area (Å²) in [5.74, 6) is -1.32. The van der Waals surface area contributed by atoms with Crippen LogP contribution in [-0.2, 0) is 24.3 Å². The number of morpholine rings is 1. The van der Waals surface area contributed by atoms with Crippen molar-refractivity contribution in [1.82, 2.24) is 14.1 Å². The first-order valence-corrected chi connectivity index (χ1v) is 15.0. The molecule has 0 bridgehead atoms. The van der Waals surface area contributed by atoms with Gasteiger partial charge in [0.05, 0.1) is 28.7 Å². The number of sulfonamides is 1. The van der Waals surface area contributed by atoms with Gasteiger partial charge in [0.25, 0.3) is 5.91 Å². The first-order valence-electron chi connectivity index (χ1n) is 12.6. The maximum atomic E-state index is 13.2. The van der Waals surface area contributed by atoms with Crippen LogP contribution in [0.5, 0.6) is 0 Å². The van der Waals surface area contributed by atoms with Gasteiger partial charge in [-0.3, -0.25) is 4.79 Å². The van der Waals surface area contributed by atoms with E-state index in [0.29, 0.717) is 30.2 Å². The lowest BCUT2D eigenvalue weighted by molar-refractivity contribution is -0.123. The van der Waals surface area contributed by atoms with Crippen LogP contribution in [0.3, 0.4) is 0 Å². The quantitative estimate of drug-likeness (QED) is 0.312. The highest BCUT2D eigenvalue weighted by atomic mass is 32.2. The molecule has 4 aromatic rings. The highest BCUT2D eigenvalue weighted by Gasteiger charge is 2.29. The summed E-state index contributed by atoms with van der Waals surface area (Å²) in [5.41, 5.74) is 2.28. The van der Waals surface area contributed by atoms with Gasteiger partial charge in [-0.25, -0.2) is 17.9 Å². The average molecular weight is 581 g/mol. The van der Waals surface area contributed by atoms with Gasteiger partial charge in [-0.1, -0.05) is 30.3 Å². The number of ether oxygens (including phenoxy) is 2. The summed E-state index contributed by atoms with van der Waals surface area (Å²) in [4.78, 5) is 27.2. The minimum atomic E-state index is -3.77. The highest BCUT2D eigenvalue weighted by molar-refractivity contribution is 7.89. The zero-order valence-electron chi connectivity index (χ0n) is 21.9. The fraction of sp³-hybridized carbons (Fsp3) is 0.250. The number of nitrogens with zero attached hydrogens (tertiary/aromatic N) is 3. The molecule has 1 amide bonds. The van der Waals surface area contributed by atoms with E-state index in [1.165, 1.54) is 33.3 Å². The van der Waals surface area contributed by atoms with Crippen LogP contribution < -0.4 is 5.32 Å². The monoisotopic (exact) mass is 580 g/mol. The van der Waals surface area contributed by atoms with Gasteiger partial charge in [-0.2, -0.15) is 9.40 Å². The standard InChI is InChI=1S/C28H28N4O6S2/c1-19-10-11-21(17-26(19)40(35,36)31-12-14-37-15-13-31)29-27(33)20(2)38-28(34)24-18-23(25-9-6-16-39-25)30-32(24)22-7-4-3-5-8-22/h3-11,16-18,20H,12-15H2,1-2H3,(H,29,33)/t20-/m0/s1. The molecule has 1 N–H and O–H groups in total. The number of para-hydroxylation sites is 1. The average Bonchev–Trinajstić information content (AvgIpc) is 3.66. The number of carbonyl (C=O) groups is 2. The second-order valence-corrected chi connectivity index (χ2v) is 12.0. The van der Waals surface area contributed by atoms with E-state index in [4.69, 9.17) is 9.47 Å². The van der Waals surface area contributed by atoms with Crippen LogP contribution in [0.25, 0.3) is 16.3 Å². The van der Waals surface area contributed by atoms with E-state index in [0.717, 1.165) is 4.88 Å². The smallest absolute Gasteiger partial charge is 0.357 e. The number of aryl methyl sites for hydroxylation is 1. The van der Waals surface area contributed by atoms with Crippen molar-refractivity contribution in [2.75, 3.05) is 31.6 Å². The molecule has 0 spiro atoms. The predicted octanol–water partition coefficient (Wildman–Crippen LogP) is 4.11. The third-order valence-electron chi connectivity index (χ3n) is 6.39. The Hall–Kier alpha value is -3.84. The van der Waals surface area contributed by atoms with Crippen LogP contribution in [0.1, 0.15) is 23.0 Å². The number of nitrogens with one attached hydrogen (secondary N) is 1. The Balaban J connectivity index is 1.33. The lowest BCUT2D eigenvalue weighted by Gasteiger charge is -2.27. The molecule has 1 saturated heterocycles. The SMILES string of the molecule is Cc1ccc(NC(=O)[C@H](C)OC(=O)c2cc(-c3cccs3)nn2-c2ccccc2)cc1S(=O)(=O)N1CCOCC1. The van der Waals surface area contributed by atoms with Crippen molar-refractivity contribution in [2.45, 2.75) is 24.8 Å². The summed E-state index contributed by atoms with van der Waals surface area (Å²) >= 11 is 1.49. The second-order valence-electron chi connectivity index (χ2n) is 9.17. The molecule has 1 aliphatic rings. The van der Waals surface area contributed by atoms with Crippen LogP contribution in [-0.4, -0.2) is 66.8 Å². The van der Waals surface area contributed by atoms with E-state index in [1.807, 2.05) is 47.8 Å². The van der Waals surface area contributed by atoms with Crippen LogP contribution in [0, 0.1) is 6.92 Å². The summed E-state index contributed by atoms with van der Waals surface area (Å²) in [6.45, 7) is 4.34. The van der Waals surface area contributed by atoms with E-state index in [9.17, 15) is 18.0 Å². The number of benzene rings is 2. The van der Waals surface area contributed by atoms with Crippen LogP contribution in [0.2, 0.25) is 0 Å². The number of amides is 1. The van der Waals surface area contributed by atoms with E-state index in [2.05, 4.69) is 10.4 Å². The van der Waals surface area contributed by atoms with Gasteiger partial charge >= 0.3 is 5.97 Å². The lowest BCUT2D eigenvalue weighted by atomic mass is 10.2. The minimum Gasteiger partial charge on any atom is -0.448 e. The molecule has 0 saturated carbocycles. The van der Waals surface area contributed by atoms with Crippen molar-refractivity contribution in [2.24, 2.45) is 0 Å². The Morgan fingerprint density at radius 3 is 2.50 bits per heavy atom. The molecule has 12 heteroatoms. The van der Waals surface area contributed by atoms with E-state index >= 15 is 0 Å². The third kappa shape index (κ3) is 5.85. The summed E-state index contributed by atoms with van der Waals surface area (Å²) in [5, 5.41) is 9.19. The second kappa shape index (κ2) is 11.7. The van der Waals surface area contributed by atoms with Crippen LogP contribution in [0.15, 0.2) is 77.0 Å². The van der Waals surface area contributed by atoms with E-state index in [-0.39, 0.29) is 29.4 Å². The molecular weight excluding hydrogens is 552 g/mol. The largest absolute Gasteiger partial charge is 0.448 e. The maximum Gasteiger partial charge on any atom is 0.357 e. The van der Waals surface area contributed by atoms with Gasteiger partial charge in [0, 0.05) is 24.8 Å². The van der Waals surface area contributed by atoms with E-state index in [1.54, 1.807) is 25.1 Å².